The number of halogens is 3. The van der Waals surface area contributed by atoms with Crippen molar-refractivity contribution in [2.24, 2.45) is 10.8 Å². The molecule has 0 aromatic heterocycles. The number of rotatable bonds is 3. The van der Waals surface area contributed by atoms with Gasteiger partial charge >= 0.3 is 6.18 Å². The number of thiocarbonyl (C=S) groups is 1. The monoisotopic (exact) mass is 261 g/mol. The van der Waals surface area contributed by atoms with Gasteiger partial charge < -0.3 is 5.73 Å². The summed E-state index contributed by atoms with van der Waals surface area (Å²) >= 11 is 4.51. The fraction of sp³-hybridized carbons (Fsp3) is 0.200. The Hall–Kier alpha value is -1.63. The summed E-state index contributed by atoms with van der Waals surface area (Å²) in [5, 5.41) is 3.65. The third-order valence-electron chi connectivity index (χ3n) is 1.74. The number of benzene rings is 1. The molecular formula is C10H10F3N3S. The Balaban J connectivity index is 2.72. The lowest BCUT2D eigenvalue weighted by Crippen LogP contribution is -2.24. The maximum Gasteiger partial charge on any atom is 0.393 e. The highest BCUT2D eigenvalue weighted by molar-refractivity contribution is 7.80. The third kappa shape index (κ3) is 5.86. The highest BCUT2D eigenvalue weighted by Gasteiger charge is 2.27. The van der Waals surface area contributed by atoms with Crippen LogP contribution >= 0.6 is 12.2 Å². The van der Waals surface area contributed by atoms with Crippen molar-refractivity contribution in [3.63, 3.8) is 0 Å². The first-order valence-electron chi connectivity index (χ1n) is 4.61. The van der Waals surface area contributed by atoms with Crippen molar-refractivity contribution in [3.8, 4) is 0 Å². The van der Waals surface area contributed by atoms with E-state index in [4.69, 9.17) is 5.73 Å². The van der Waals surface area contributed by atoms with Gasteiger partial charge in [-0.3, -0.25) is 5.43 Å². The predicted octanol–water partition coefficient (Wildman–Crippen LogP) is 1.96. The Kier molecular flexibility index (Phi) is 4.45. The summed E-state index contributed by atoms with van der Waals surface area (Å²) in [6.45, 7) is 0. The van der Waals surface area contributed by atoms with Gasteiger partial charge in [-0.05, 0) is 29.4 Å². The Morgan fingerprint density at radius 1 is 1.47 bits per heavy atom. The second-order valence-electron chi connectivity index (χ2n) is 3.27. The van der Waals surface area contributed by atoms with Crippen LogP contribution in [0.5, 0.6) is 0 Å². The van der Waals surface area contributed by atoms with Gasteiger partial charge in [0, 0.05) is 0 Å². The highest BCUT2D eigenvalue weighted by Crippen LogP contribution is 2.21. The molecule has 1 aromatic carbocycles. The summed E-state index contributed by atoms with van der Waals surface area (Å²) in [4.78, 5) is 0. The molecule has 0 aliphatic heterocycles. The van der Waals surface area contributed by atoms with Crippen molar-refractivity contribution < 1.29 is 13.2 Å². The van der Waals surface area contributed by atoms with Crippen LogP contribution < -0.4 is 11.2 Å². The van der Waals surface area contributed by atoms with E-state index < -0.39 is 12.6 Å². The van der Waals surface area contributed by atoms with Crippen LogP contribution in [0, 0.1) is 0 Å². The smallest absolute Gasteiger partial charge is 0.375 e. The quantitative estimate of drug-likeness (QED) is 0.497. The molecule has 7 heteroatoms. The summed E-state index contributed by atoms with van der Waals surface area (Å²) in [6.07, 6.45) is -3.83. The van der Waals surface area contributed by atoms with Crippen molar-refractivity contribution in [2.45, 2.75) is 12.6 Å². The molecule has 0 aliphatic carbocycles. The average Bonchev–Trinajstić information content (AvgIpc) is 2.14. The van der Waals surface area contributed by atoms with E-state index in [2.05, 4.69) is 22.7 Å². The molecule has 0 aliphatic rings. The van der Waals surface area contributed by atoms with Crippen molar-refractivity contribution in [3.05, 3.63) is 35.4 Å². The van der Waals surface area contributed by atoms with Gasteiger partial charge in [-0.15, -0.1) is 0 Å². The standard InChI is InChI=1S/C10H10F3N3S/c11-10(12,13)5-7-2-1-3-8(4-7)6-15-16-9(14)17/h1-4,6H,5H2,(H3,14,16,17). The van der Waals surface area contributed by atoms with Crippen LogP contribution in [0.1, 0.15) is 11.1 Å². The summed E-state index contributed by atoms with van der Waals surface area (Å²) in [7, 11) is 0. The van der Waals surface area contributed by atoms with Crippen LogP contribution in [0.3, 0.4) is 0 Å². The second kappa shape index (κ2) is 5.62. The summed E-state index contributed by atoms with van der Waals surface area (Å²) < 4.78 is 36.5. The Labute approximate surface area is 102 Å². The van der Waals surface area contributed by atoms with Gasteiger partial charge in [-0.25, -0.2) is 0 Å². The molecule has 92 valence electrons. The van der Waals surface area contributed by atoms with Gasteiger partial charge in [-0.1, -0.05) is 18.2 Å². The average molecular weight is 261 g/mol. The fourth-order valence-electron chi connectivity index (χ4n) is 1.19. The SMILES string of the molecule is NC(=S)NN=Cc1cccc(CC(F)(F)F)c1. The zero-order valence-electron chi connectivity index (χ0n) is 8.66. The van der Waals surface area contributed by atoms with E-state index in [1.54, 1.807) is 6.07 Å². The van der Waals surface area contributed by atoms with E-state index in [-0.39, 0.29) is 10.7 Å². The topological polar surface area (TPSA) is 50.4 Å². The number of hydrogen-bond acceptors (Lipinski definition) is 2. The second-order valence-corrected chi connectivity index (χ2v) is 3.71. The molecular weight excluding hydrogens is 251 g/mol. The summed E-state index contributed by atoms with van der Waals surface area (Å²) in [6, 6.07) is 5.97. The van der Waals surface area contributed by atoms with E-state index in [0.29, 0.717) is 5.56 Å². The van der Waals surface area contributed by atoms with Crippen LogP contribution in [0.25, 0.3) is 0 Å². The lowest BCUT2D eigenvalue weighted by Gasteiger charge is -2.06. The first-order valence-corrected chi connectivity index (χ1v) is 5.02. The minimum atomic E-state index is -4.22. The first-order chi connectivity index (χ1) is 7.87. The number of hydrazone groups is 1. The molecule has 17 heavy (non-hydrogen) atoms. The number of nitrogens with zero attached hydrogens (tertiary/aromatic N) is 1. The molecule has 1 aromatic rings. The van der Waals surface area contributed by atoms with Crippen LogP contribution in [0.15, 0.2) is 29.4 Å². The van der Waals surface area contributed by atoms with Gasteiger partial charge in [0.1, 0.15) is 0 Å². The molecule has 0 bridgehead atoms. The molecule has 1 rings (SSSR count). The zero-order chi connectivity index (χ0) is 12.9. The summed E-state index contributed by atoms with van der Waals surface area (Å²) in [5.74, 6) is 0. The molecule has 0 fully saturated rings. The Bertz CT molecular complexity index is 429. The zero-order valence-corrected chi connectivity index (χ0v) is 9.48. The van der Waals surface area contributed by atoms with Gasteiger partial charge in [0.2, 0.25) is 0 Å². The number of nitrogens with two attached hydrogens (primary N) is 1. The lowest BCUT2D eigenvalue weighted by atomic mass is 10.1. The number of hydrogen-bond donors (Lipinski definition) is 2. The van der Waals surface area contributed by atoms with Crippen molar-refractivity contribution in [1.29, 1.82) is 0 Å². The largest absolute Gasteiger partial charge is 0.393 e. The van der Waals surface area contributed by atoms with Crippen molar-refractivity contribution in [2.75, 3.05) is 0 Å². The van der Waals surface area contributed by atoms with Gasteiger partial charge in [0.25, 0.3) is 0 Å². The third-order valence-corrected chi connectivity index (χ3v) is 1.84. The first kappa shape index (κ1) is 13.4. The maximum absolute atomic E-state index is 12.2. The van der Waals surface area contributed by atoms with E-state index in [9.17, 15) is 13.2 Å². The molecule has 0 amide bonds. The van der Waals surface area contributed by atoms with Gasteiger partial charge in [0.05, 0.1) is 12.6 Å². The van der Waals surface area contributed by atoms with Crippen LogP contribution in [0.2, 0.25) is 0 Å². The van der Waals surface area contributed by atoms with E-state index in [0.717, 1.165) is 0 Å². The highest BCUT2D eigenvalue weighted by atomic mass is 32.1. The van der Waals surface area contributed by atoms with Gasteiger partial charge in [0.15, 0.2) is 5.11 Å². The molecule has 0 saturated heterocycles. The summed E-state index contributed by atoms with van der Waals surface area (Å²) in [5.41, 5.74) is 8.16. The Morgan fingerprint density at radius 2 is 2.18 bits per heavy atom. The molecule has 0 radical (unpaired) electrons. The molecule has 0 spiro atoms. The molecule has 3 nitrogen and oxygen atoms in total. The Morgan fingerprint density at radius 3 is 2.76 bits per heavy atom. The molecule has 0 heterocycles. The molecule has 0 atom stereocenters. The molecule has 0 unspecified atom stereocenters. The van der Waals surface area contributed by atoms with E-state index in [1.165, 1.54) is 24.4 Å². The predicted molar refractivity (Wildman–Crippen MR) is 63.7 cm³/mol. The van der Waals surface area contributed by atoms with E-state index in [1.807, 2.05) is 0 Å². The fourth-order valence-corrected chi connectivity index (χ4v) is 1.24. The number of alkyl halides is 3. The molecule has 3 N–H and O–H groups in total. The van der Waals surface area contributed by atoms with Crippen LogP contribution in [0.4, 0.5) is 13.2 Å². The minimum absolute atomic E-state index is 0.00676. The maximum atomic E-state index is 12.2. The normalized spacial score (nSPS) is 11.7. The van der Waals surface area contributed by atoms with Crippen LogP contribution in [-0.2, 0) is 6.42 Å². The van der Waals surface area contributed by atoms with E-state index >= 15 is 0 Å². The van der Waals surface area contributed by atoms with Crippen molar-refractivity contribution in [1.82, 2.24) is 5.43 Å². The van der Waals surface area contributed by atoms with Crippen LogP contribution in [-0.4, -0.2) is 17.5 Å². The number of nitrogens with one attached hydrogen (secondary N) is 1. The minimum Gasteiger partial charge on any atom is -0.375 e. The van der Waals surface area contributed by atoms with Gasteiger partial charge in [-0.2, -0.15) is 18.3 Å². The molecule has 0 saturated carbocycles. The lowest BCUT2D eigenvalue weighted by molar-refractivity contribution is -0.127. The van der Waals surface area contributed by atoms with Crippen molar-refractivity contribution >= 4 is 23.5 Å².